The third-order valence-corrected chi connectivity index (χ3v) is 2.31. The molecule has 14 heavy (non-hydrogen) atoms. The maximum absolute atomic E-state index is 5.65. The highest BCUT2D eigenvalue weighted by atomic mass is 16.6. The third-order valence-electron chi connectivity index (χ3n) is 2.31. The Morgan fingerprint density at radius 2 is 2.14 bits per heavy atom. The van der Waals surface area contributed by atoms with Gasteiger partial charge in [-0.25, -0.2) is 0 Å². The maximum atomic E-state index is 5.65. The Balaban J connectivity index is 1.81. The Kier molecular flexibility index (Phi) is 3.14. The molecule has 0 amide bonds. The maximum Gasteiger partial charge on any atom is 0.108 e. The van der Waals surface area contributed by atoms with Crippen molar-refractivity contribution in [3.05, 3.63) is 35.9 Å². The molecule has 0 spiro atoms. The number of hydrogen-bond acceptors (Lipinski definition) is 3. The first kappa shape index (κ1) is 9.65. The monoisotopic (exact) mass is 193 g/mol. The summed E-state index contributed by atoms with van der Waals surface area (Å²) < 4.78 is 10.8. The second kappa shape index (κ2) is 4.55. The zero-order valence-electron chi connectivity index (χ0n) is 8.06. The molecule has 2 atom stereocenters. The van der Waals surface area contributed by atoms with Gasteiger partial charge in [-0.05, 0) is 5.56 Å². The third kappa shape index (κ3) is 2.54. The van der Waals surface area contributed by atoms with Crippen LogP contribution in [0, 0.1) is 0 Å². The van der Waals surface area contributed by atoms with Gasteiger partial charge in [0.15, 0.2) is 0 Å². The summed E-state index contributed by atoms with van der Waals surface area (Å²) in [5.74, 6) is 0. The quantitative estimate of drug-likeness (QED) is 0.708. The van der Waals surface area contributed by atoms with Crippen LogP contribution in [0.25, 0.3) is 0 Å². The molecule has 76 valence electrons. The number of hydrogen-bond donors (Lipinski definition) is 1. The Morgan fingerprint density at radius 3 is 2.71 bits per heavy atom. The summed E-state index contributed by atoms with van der Waals surface area (Å²) in [5, 5.41) is 0. The molecule has 1 fully saturated rings. The standard InChI is InChI=1S/C11H15NO2/c12-6-10(11-8-14-11)13-7-9-4-2-1-3-5-9/h1-5,10-11H,6-8,12H2. The van der Waals surface area contributed by atoms with E-state index in [1.54, 1.807) is 0 Å². The molecule has 0 bridgehead atoms. The minimum Gasteiger partial charge on any atom is -0.370 e. The van der Waals surface area contributed by atoms with Gasteiger partial charge < -0.3 is 15.2 Å². The summed E-state index contributed by atoms with van der Waals surface area (Å²) in [6.45, 7) is 1.93. The Morgan fingerprint density at radius 1 is 1.43 bits per heavy atom. The van der Waals surface area contributed by atoms with Crippen LogP contribution >= 0.6 is 0 Å². The second-order valence-electron chi connectivity index (χ2n) is 3.44. The number of nitrogens with two attached hydrogens (primary N) is 1. The minimum absolute atomic E-state index is 0.0511. The lowest BCUT2D eigenvalue weighted by Crippen LogP contribution is -2.29. The second-order valence-corrected chi connectivity index (χ2v) is 3.44. The average molecular weight is 193 g/mol. The fraction of sp³-hybridized carbons (Fsp3) is 0.455. The molecule has 3 nitrogen and oxygen atoms in total. The molecule has 0 saturated carbocycles. The Labute approximate surface area is 83.8 Å². The van der Waals surface area contributed by atoms with Crippen LogP contribution < -0.4 is 5.73 Å². The highest BCUT2D eigenvalue weighted by Crippen LogP contribution is 2.17. The molecular weight excluding hydrogens is 178 g/mol. The minimum atomic E-state index is 0.0511. The number of rotatable bonds is 5. The van der Waals surface area contributed by atoms with Gasteiger partial charge in [0.2, 0.25) is 0 Å². The summed E-state index contributed by atoms with van der Waals surface area (Å²) in [6, 6.07) is 10.1. The van der Waals surface area contributed by atoms with Crippen LogP contribution in [0.2, 0.25) is 0 Å². The van der Waals surface area contributed by atoms with E-state index < -0.39 is 0 Å². The van der Waals surface area contributed by atoms with Crippen molar-refractivity contribution in [2.75, 3.05) is 13.2 Å². The lowest BCUT2D eigenvalue weighted by Gasteiger charge is -2.13. The molecule has 2 unspecified atom stereocenters. The summed E-state index contributed by atoms with van der Waals surface area (Å²) >= 11 is 0. The van der Waals surface area contributed by atoms with Gasteiger partial charge in [-0.3, -0.25) is 0 Å². The predicted molar refractivity (Wildman–Crippen MR) is 53.8 cm³/mol. The van der Waals surface area contributed by atoms with Crippen LogP contribution in [0.3, 0.4) is 0 Å². The van der Waals surface area contributed by atoms with E-state index in [1.165, 1.54) is 5.56 Å². The Bertz CT molecular complexity index is 272. The van der Waals surface area contributed by atoms with E-state index in [0.717, 1.165) is 6.61 Å². The van der Waals surface area contributed by atoms with Gasteiger partial charge in [0.1, 0.15) is 6.10 Å². The van der Waals surface area contributed by atoms with Crippen molar-refractivity contribution in [1.82, 2.24) is 0 Å². The van der Waals surface area contributed by atoms with Crippen LogP contribution in [0.5, 0.6) is 0 Å². The molecule has 0 aromatic heterocycles. The van der Waals surface area contributed by atoms with Gasteiger partial charge in [0.05, 0.1) is 19.3 Å². The molecule has 1 aromatic carbocycles. The molecular formula is C11H15NO2. The smallest absolute Gasteiger partial charge is 0.108 e. The number of epoxide rings is 1. The molecule has 2 N–H and O–H groups in total. The summed E-state index contributed by atoms with van der Waals surface area (Å²) in [5.41, 5.74) is 6.75. The van der Waals surface area contributed by atoms with E-state index in [0.29, 0.717) is 13.2 Å². The zero-order chi connectivity index (χ0) is 9.80. The molecule has 1 aliphatic heterocycles. The van der Waals surface area contributed by atoms with Crippen LogP contribution in [-0.2, 0) is 16.1 Å². The zero-order valence-corrected chi connectivity index (χ0v) is 8.06. The van der Waals surface area contributed by atoms with Crippen molar-refractivity contribution in [1.29, 1.82) is 0 Å². The van der Waals surface area contributed by atoms with E-state index >= 15 is 0 Å². The number of ether oxygens (including phenoxy) is 2. The molecule has 1 heterocycles. The fourth-order valence-corrected chi connectivity index (χ4v) is 1.37. The van der Waals surface area contributed by atoms with Crippen molar-refractivity contribution < 1.29 is 9.47 Å². The summed E-state index contributed by atoms with van der Waals surface area (Å²) in [7, 11) is 0. The molecule has 0 radical (unpaired) electrons. The van der Waals surface area contributed by atoms with E-state index in [1.807, 2.05) is 30.3 Å². The highest BCUT2D eigenvalue weighted by Gasteiger charge is 2.32. The van der Waals surface area contributed by atoms with Crippen LogP contribution in [0.15, 0.2) is 30.3 Å². The first-order chi connectivity index (χ1) is 6.90. The van der Waals surface area contributed by atoms with E-state index in [2.05, 4.69) is 0 Å². The van der Waals surface area contributed by atoms with Gasteiger partial charge in [0, 0.05) is 6.54 Å². The van der Waals surface area contributed by atoms with Gasteiger partial charge in [-0.1, -0.05) is 30.3 Å². The van der Waals surface area contributed by atoms with Crippen LogP contribution in [0.4, 0.5) is 0 Å². The van der Waals surface area contributed by atoms with Crippen molar-refractivity contribution >= 4 is 0 Å². The van der Waals surface area contributed by atoms with E-state index in [4.69, 9.17) is 15.2 Å². The highest BCUT2D eigenvalue weighted by molar-refractivity contribution is 5.13. The molecule has 0 aliphatic carbocycles. The van der Waals surface area contributed by atoms with Crippen molar-refractivity contribution in [2.24, 2.45) is 5.73 Å². The molecule has 1 aromatic rings. The number of benzene rings is 1. The summed E-state index contributed by atoms with van der Waals surface area (Å²) in [4.78, 5) is 0. The topological polar surface area (TPSA) is 47.8 Å². The van der Waals surface area contributed by atoms with Crippen molar-refractivity contribution in [3.8, 4) is 0 Å². The average Bonchev–Trinajstić information content (AvgIpc) is 3.05. The van der Waals surface area contributed by atoms with E-state index in [-0.39, 0.29) is 12.2 Å². The van der Waals surface area contributed by atoms with Crippen molar-refractivity contribution in [3.63, 3.8) is 0 Å². The summed E-state index contributed by atoms with van der Waals surface area (Å²) in [6.07, 6.45) is 0.277. The lowest BCUT2D eigenvalue weighted by molar-refractivity contribution is 0.0275. The SMILES string of the molecule is NCC(OCc1ccccc1)C1CO1. The molecule has 1 saturated heterocycles. The Hall–Kier alpha value is -0.900. The normalized spacial score (nSPS) is 21.9. The van der Waals surface area contributed by atoms with Crippen LogP contribution in [-0.4, -0.2) is 25.4 Å². The largest absolute Gasteiger partial charge is 0.370 e. The predicted octanol–water partition coefficient (Wildman–Crippen LogP) is 0.929. The fourth-order valence-electron chi connectivity index (χ4n) is 1.37. The van der Waals surface area contributed by atoms with Gasteiger partial charge in [-0.2, -0.15) is 0 Å². The first-order valence-electron chi connectivity index (χ1n) is 4.87. The molecule has 2 rings (SSSR count). The van der Waals surface area contributed by atoms with Gasteiger partial charge in [0.25, 0.3) is 0 Å². The lowest BCUT2D eigenvalue weighted by atomic mass is 10.2. The van der Waals surface area contributed by atoms with E-state index in [9.17, 15) is 0 Å². The van der Waals surface area contributed by atoms with Gasteiger partial charge in [-0.15, -0.1) is 0 Å². The van der Waals surface area contributed by atoms with Crippen LogP contribution in [0.1, 0.15) is 5.56 Å². The first-order valence-corrected chi connectivity index (χ1v) is 4.87. The molecule has 1 aliphatic rings. The van der Waals surface area contributed by atoms with Gasteiger partial charge >= 0.3 is 0 Å². The molecule has 3 heteroatoms. The van der Waals surface area contributed by atoms with Crippen molar-refractivity contribution in [2.45, 2.75) is 18.8 Å².